The summed E-state index contributed by atoms with van der Waals surface area (Å²) in [5, 5.41) is 6.76. The molecule has 2 amide bonds. The van der Waals surface area contributed by atoms with Gasteiger partial charge in [0.05, 0.1) is 16.5 Å². The van der Waals surface area contributed by atoms with E-state index in [2.05, 4.69) is 21.7 Å². The molecule has 2 N–H and O–H groups in total. The van der Waals surface area contributed by atoms with Crippen molar-refractivity contribution < 1.29 is 9.59 Å². The van der Waals surface area contributed by atoms with E-state index in [9.17, 15) is 9.59 Å². The Bertz CT molecular complexity index is 1020. The molecular formula is C22H21N3O2S. The first-order chi connectivity index (χ1) is 13.7. The third kappa shape index (κ3) is 4.17. The third-order valence-electron chi connectivity index (χ3n) is 4.81. The average Bonchev–Trinajstić information content (AvgIpc) is 2.87. The molecule has 0 radical (unpaired) electrons. The van der Waals surface area contributed by atoms with E-state index in [1.807, 2.05) is 48.5 Å². The smallest absolute Gasteiger partial charge is 0.237 e. The summed E-state index contributed by atoms with van der Waals surface area (Å²) in [4.78, 5) is 29.1. The van der Waals surface area contributed by atoms with Crippen molar-refractivity contribution in [2.75, 3.05) is 16.4 Å². The molecule has 3 aromatic rings. The lowest BCUT2D eigenvalue weighted by Crippen LogP contribution is -2.24. The van der Waals surface area contributed by atoms with E-state index in [0.717, 1.165) is 35.1 Å². The van der Waals surface area contributed by atoms with Crippen LogP contribution in [0.15, 0.2) is 60.8 Å². The summed E-state index contributed by atoms with van der Waals surface area (Å²) in [5.74, 6) is 0.570. The first-order valence-electron chi connectivity index (χ1n) is 9.35. The predicted molar refractivity (Wildman–Crippen MR) is 115 cm³/mol. The zero-order valence-corrected chi connectivity index (χ0v) is 16.2. The Morgan fingerprint density at radius 1 is 1.14 bits per heavy atom. The van der Waals surface area contributed by atoms with Crippen LogP contribution in [0.5, 0.6) is 0 Å². The second-order valence-electron chi connectivity index (χ2n) is 6.72. The first kappa shape index (κ1) is 18.5. The number of carbonyl (C=O) groups is 2. The molecular weight excluding hydrogens is 370 g/mol. The van der Waals surface area contributed by atoms with Crippen molar-refractivity contribution in [3.8, 4) is 0 Å². The largest absolute Gasteiger partial charge is 0.325 e. The number of rotatable bonds is 5. The third-order valence-corrected chi connectivity index (χ3v) is 6.10. The van der Waals surface area contributed by atoms with Crippen LogP contribution in [0.3, 0.4) is 0 Å². The maximum absolute atomic E-state index is 12.5. The molecule has 1 unspecified atom stereocenters. The van der Waals surface area contributed by atoms with Gasteiger partial charge < -0.3 is 10.6 Å². The van der Waals surface area contributed by atoms with Gasteiger partial charge >= 0.3 is 0 Å². The van der Waals surface area contributed by atoms with Crippen LogP contribution in [0.25, 0.3) is 10.9 Å². The zero-order valence-electron chi connectivity index (χ0n) is 15.4. The Labute approximate surface area is 167 Å². The summed E-state index contributed by atoms with van der Waals surface area (Å²) in [6, 6.07) is 17.4. The number of pyridine rings is 1. The molecule has 2 heterocycles. The van der Waals surface area contributed by atoms with Crippen LogP contribution < -0.4 is 10.6 Å². The number of fused-ring (bicyclic) bond motifs is 2. The fourth-order valence-corrected chi connectivity index (χ4v) is 4.45. The van der Waals surface area contributed by atoms with Gasteiger partial charge in [0.1, 0.15) is 0 Å². The maximum Gasteiger partial charge on any atom is 0.237 e. The number of benzene rings is 2. The highest BCUT2D eigenvalue weighted by molar-refractivity contribution is 8.00. The fourth-order valence-electron chi connectivity index (χ4n) is 3.37. The summed E-state index contributed by atoms with van der Waals surface area (Å²) in [6.07, 6.45) is 3.74. The summed E-state index contributed by atoms with van der Waals surface area (Å²) in [7, 11) is 0. The van der Waals surface area contributed by atoms with Crippen LogP contribution in [0.2, 0.25) is 0 Å². The molecule has 6 heteroatoms. The molecule has 0 bridgehead atoms. The highest BCUT2D eigenvalue weighted by atomic mass is 32.2. The van der Waals surface area contributed by atoms with Gasteiger partial charge in [0.25, 0.3) is 0 Å². The number of aromatic nitrogens is 1. The van der Waals surface area contributed by atoms with E-state index in [-0.39, 0.29) is 17.1 Å². The minimum Gasteiger partial charge on any atom is -0.325 e. The minimum absolute atomic E-state index is 0.0236. The Morgan fingerprint density at radius 2 is 2.04 bits per heavy atom. The average molecular weight is 391 g/mol. The van der Waals surface area contributed by atoms with Gasteiger partial charge in [-0.25, -0.2) is 0 Å². The van der Waals surface area contributed by atoms with Crippen LogP contribution in [0.1, 0.15) is 18.4 Å². The number of carbonyl (C=O) groups excluding carboxylic acids is 2. The number of thioether (sulfide) groups is 1. The van der Waals surface area contributed by atoms with Gasteiger partial charge in [0, 0.05) is 29.4 Å². The summed E-state index contributed by atoms with van der Waals surface area (Å²) < 4.78 is 0. The Morgan fingerprint density at radius 3 is 2.96 bits per heavy atom. The van der Waals surface area contributed by atoms with Crippen molar-refractivity contribution in [1.82, 2.24) is 4.98 Å². The maximum atomic E-state index is 12.5. The van der Waals surface area contributed by atoms with Gasteiger partial charge in [-0.2, -0.15) is 0 Å². The number of para-hydroxylation sites is 1. The van der Waals surface area contributed by atoms with E-state index in [0.29, 0.717) is 12.2 Å². The Hall–Kier alpha value is -2.86. The Kier molecular flexibility index (Phi) is 5.58. The van der Waals surface area contributed by atoms with E-state index in [1.54, 1.807) is 18.0 Å². The number of amides is 2. The quantitative estimate of drug-likeness (QED) is 0.682. The lowest BCUT2D eigenvalue weighted by molar-refractivity contribution is -0.116. The predicted octanol–water partition coefficient (Wildman–Crippen LogP) is 4.25. The van der Waals surface area contributed by atoms with Crippen LogP contribution >= 0.6 is 11.8 Å². The fraction of sp³-hybridized carbons (Fsp3) is 0.227. The molecule has 1 aliphatic heterocycles. The molecule has 142 valence electrons. The summed E-state index contributed by atoms with van der Waals surface area (Å²) in [6.45, 7) is 0. The van der Waals surface area contributed by atoms with Crippen molar-refractivity contribution in [3.05, 3.63) is 66.4 Å². The van der Waals surface area contributed by atoms with Crippen LogP contribution in [-0.2, 0) is 16.0 Å². The standard InChI is InChI=1S/C22H21N3O2S/c26-21(24-19-9-3-8-18-16(19)6-4-13-23-18)12-14-28-20-11-10-15-5-1-2-7-17(15)25-22(20)27/h1-9,13,20H,10-12,14H2,(H,24,26)(H,25,27). The van der Waals surface area contributed by atoms with Crippen LogP contribution in [-0.4, -0.2) is 27.8 Å². The van der Waals surface area contributed by atoms with E-state index in [4.69, 9.17) is 0 Å². The molecule has 4 rings (SSSR count). The number of hydrogen-bond donors (Lipinski definition) is 2. The zero-order chi connectivity index (χ0) is 19.3. The van der Waals surface area contributed by atoms with Crippen molar-refractivity contribution in [2.24, 2.45) is 0 Å². The van der Waals surface area contributed by atoms with Crippen molar-refractivity contribution in [2.45, 2.75) is 24.5 Å². The molecule has 0 saturated heterocycles. The minimum atomic E-state index is -0.137. The number of nitrogens with zero attached hydrogens (tertiary/aromatic N) is 1. The van der Waals surface area contributed by atoms with Crippen LogP contribution in [0, 0.1) is 0 Å². The molecule has 1 aliphatic rings. The highest BCUT2D eigenvalue weighted by Gasteiger charge is 2.23. The van der Waals surface area contributed by atoms with Gasteiger partial charge in [-0.15, -0.1) is 11.8 Å². The van der Waals surface area contributed by atoms with Gasteiger partial charge in [-0.3, -0.25) is 14.6 Å². The van der Waals surface area contributed by atoms with Gasteiger partial charge in [-0.05, 0) is 48.7 Å². The lowest BCUT2D eigenvalue weighted by atomic mass is 10.1. The first-order valence-corrected chi connectivity index (χ1v) is 10.4. The molecule has 28 heavy (non-hydrogen) atoms. The topological polar surface area (TPSA) is 71.1 Å². The molecule has 1 atom stereocenters. The monoisotopic (exact) mass is 391 g/mol. The molecule has 2 aromatic carbocycles. The van der Waals surface area contributed by atoms with E-state index in [1.165, 1.54) is 5.56 Å². The van der Waals surface area contributed by atoms with Gasteiger partial charge in [0.15, 0.2) is 0 Å². The van der Waals surface area contributed by atoms with Gasteiger partial charge in [-0.1, -0.05) is 24.3 Å². The molecule has 5 nitrogen and oxygen atoms in total. The number of nitrogens with one attached hydrogen (secondary N) is 2. The van der Waals surface area contributed by atoms with Gasteiger partial charge in [0.2, 0.25) is 11.8 Å². The molecule has 0 saturated carbocycles. The summed E-state index contributed by atoms with van der Waals surface area (Å²) in [5.41, 5.74) is 3.69. The molecule has 0 fully saturated rings. The van der Waals surface area contributed by atoms with Crippen molar-refractivity contribution in [1.29, 1.82) is 0 Å². The van der Waals surface area contributed by atoms with Crippen LogP contribution in [0.4, 0.5) is 11.4 Å². The van der Waals surface area contributed by atoms with Crippen molar-refractivity contribution in [3.63, 3.8) is 0 Å². The lowest BCUT2D eigenvalue weighted by Gasteiger charge is -2.13. The van der Waals surface area contributed by atoms with Crippen molar-refractivity contribution >= 4 is 45.9 Å². The second kappa shape index (κ2) is 8.44. The number of hydrogen-bond acceptors (Lipinski definition) is 4. The second-order valence-corrected chi connectivity index (χ2v) is 8.03. The Balaban J connectivity index is 1.31. The molecule has 0 aliphatic carbocycles. The van der Waals surface area contributed by atoms with E-state index < -0.39 is 0 Å². The normalized spacial score (nSPS) is 16.1. The molecule has 1 aromatic heterocycles. The number of anilines is 2. The molecule has 0 spiro atoms. The SMILES string of the molecule is O=C(CCSC1CCc2ccccc2NC1=O)Nc1cccc2ncccc12. The number of aryl methyl sites for hydroxylation is 1. The van der Waals surface area contributed by atoms with E-state index >= 15 is 0 Å². The highest BCUT2D eigenvalue weighted by Crippen LogP contribution is 2.27. The summed E-state index contributed by atoms with van der Waals surface area (Å²) >= 11 is 1.55.